The summed E-state index contributed by atoms with van der Waals surface area (Å²) >= 11 is 1.20. The first kappa shape index (κ1) is 29.3. The van der Waals surface area contributed by atoms with Gasteiger partial charge in [0.2, 0.25) is 15.2 Å². The van der Waals surface area contributed by atoms with Gasteiger partial charge in [0.25, 0.3) is 0 Å². The fourth-order valence-electron chi connectivity index (χ4n) is 5.85. The molecule has 0 bridgehead atoms. The number of aromatic nitrogens is 5. The molecule has 3 heterocycles. The molecule has 0 radical (unpaired) electrons. The number of carboxylic acid groups (broad SMARTS) is 1. The van der Waals surface area contributed by atoms with Crippen LogP contribution < -0.4 is 5.14 Å². The monoisotopic (exact) mass is 644 g/mol. The molecule has 5 aromatic rings. The Balaban J connectivity index is 1.38. The maximum absolute atomic E-state index is 15.0. The van der Waals surface area contributed by atoms with Crippen LogP contribution in [-0.2, 0) is 22.9 Å². The Kier molecular flexibility index (Phi) is 7.26. The van der Waals surface area contributed by atoms with E-state index in [0.717, 1.165) is 52.1 Å². The Hall–Kier alpha value is -4.46. The smallest absolute Gasteiger partial charge is 0.355 e. The van der Waals surface area contributed by atoms with E-state index in [4.69, 9.17) is 15.2 Å². The number of sulfonamides is 1. The second kappa shape index (κ2) is 11.2. The van der Waals surface area contributed by atoms with Crippen LogP contribution in [-0.4, -0.2) is 44.2 Å². The van der Waals surface area contributed by atoms with Crippen LogP contribution in [0.25, 0.3) is 27.3 Å². The number of halogens is 1. The molecule has 10 nitrogen and oxygen atoms in total. The first-order valence-electron chi connectivity index (χ1n) is 14.5. The van der Waals surface area contributed by atoms with E-state index in [2.05, 4.69) is 29.0 Å². The lowest BCUT2D eigenvalue weighted by Gasteiger charge is -2.18. The van der Waals surface area contributed by atoms with Crippen LogP contribution in [0.4, 0.5) is 4.39 Å². The number of aromatic amines is 1. The van der Waals surface area contributed by atoms with Crippen LogP contribution in [0.1, 0.15) is 65.0 Å². The molecule has 2 aliphatic rings. The van der Waals surface area contributed by atoms with E-state index in [9.17, 15) is 22.7 Å². The van der Waals surface area contributed by atoms with E-state index in [0.29, 0.717) is 35.1 Å². The summed E-state index contributed by atoms with van der Waals surface area (Å²) in [7, 11) is -4.22. The molecule has 0 aliphatic heterocycles. The SMILES string of the molecule is CC1C=C(c2nc3ccccc3[nH]2)C=C(c2nn(-c3nc(C(=O)O)cs3)c(CC3CC3)c2Cc2ccc(S(N)(=O)=O)c(F)c2)C1. The van der Waals surface area contributed by atoms with Gasteiger partial charge in [0.1, 0.15) is 16.5 Å². The summed E-state index contributed by atoms with van der Waals surface area (Å²) in [6.45, 7) is 2.12. The maximum atomic E-state index is 15.0. The lowest BCUT2D eigenvalue weighted by molar-refractivity contribution is 0.0691. The molecule has 0 amide bonds. The van der Waals surface area contributed by atoms with Gasteiger partial charge >= 0.3 is 5.97 Å². The fourth-order valence-corrected chi connectivity index (χ4v) is 7.21. The van der Waals surface area contributed by atoms with Crippen LogP contribution in [0, 0.1) is 17.7 Å². The highest BCUT2D eigenvalue weighted by Gasteiger charge is 2.31. The number of aromatic carboxylic acids is 1. The Bertz CT molecular complexity index is 2120. The van der Waals surface area contributed by atoms with Crippen molar-refractivity contribution in [2.24, 2.45) is 17.0 Å². The standard InChI is InChI=1S/C32H29FN6O4S2/c1-17-10-20(15-21(11-17)30-35-24-4-2-3-5-25(24)36-30)29-22(12-19-8-9-28(23(33)13-19)45(34,42)43)27(14-18-6-7-18)39(38-29)32-37-26(16-44-32)31(40)41/h2-5,8-9,11,13,15-18H,6-7,10,12,14H2,1H3,(H,35,36)(H,40,41)(H2,34,42,43). The zero-order valence-electron chi connectivity index (χ0n) is 24.2. The normalized spacial score (nSPS) is 17.0. The van der Waals surface area contributed by atoms with Crippen LogP contribution in [0.15, 0.2) is 64.9 Å². The highest BCUT2D eigenvalue weighted by Crippen LogP contribution is 2.40. The Morgan fingerprint density at radius 3 is 2.69 bits per heavy atom. The van der Waals surface area contributed by atoms with E-state index >= 15 is 0 Å². The van der Waals surface area contributed by atoms with Crippen molar-refractivity contribution >= 4 is 49.5 Å². The van der Waals surface area contributed by atoms with Gasteiger partial charge in [0.15, 0.2) is 5.69 Å². The Morgan fingerprint density at radius 2 is 2.00 bits per heavy atom. The number of H-pyrrole nitrogens is 1. The quantitative estimate of drug-likeness (QED) is 0.185. The van der Waals surface area contributed by atoms with Crippen molar-refractivity contribution in [2.75, 3.05) is 0 Å². The van der Waals surface area contributed by atoms with E-state index in [1.807, 2.05) is 24.3 Å². The number of rotatable bonds is 9. The van der Waals surface area contributed by atoms with Crippen molar-refractivity contribution in [1.29, 1.82) is 0 Å². The number of hydrogen-bond acceptors (Lipinski definition) is 7. The summed E-state index contributed by atoms with van der Waals surface area (Å²) in [5, 5.41) is 21.8. The molecule has 45 heavy (non-hydrogen) atoms. The summed E-state index contributed by atoms with van der Waals surface area (Å²) in [6.07, 6.45) is 8.02. The second-order valence-electron chi connectivity index (χ2n) is 11.7. The summed E-state index contributed by atoms with van der Waals surface area (Å²) in [5.74, 6) is -0.699. The third kappa shape index (κ3) is 5.86. The van der Waals surface area contributed by atoms with Gasteiger partial charge in [-0.05, 0) is 79.0 Å². The molecule has 2 aliphatic carbocycles. The van der Waals surface area contributed by atoms with Gasteiger partial charge in [0, 0.05) is 22.9 Å². The van der Waals surface area contributed by atoms with Gasteiger partial charge in [0.05, 0.1) is 22.4 Å². The molecule has 13 heteroatoms. The first-order chi connectivity index (χ1) is 21.5. The maximum Gasteiger partial charge on any atom is 0.355 e. The second-order valence-corrected chi connectivity index (χ2v) is 14.1. The van der Waals surface area contributed by atoms with Crippen LogP contribution in [0.5, 0.6) is 0 Å². The average molecular weight is 645 g/mol. The number of thiazole rings is 1. The molecule has 7 rings (SSSR count). The van der Waals surface area contributed by atoms with Crippen molar-refractivity contribution < 1.29 is 22.7 Å². The van der Waals surface area contributed by atoms with Crippen molar-refractivity contribution in [3.63, 3.8) is 0 Å². The van der Waals surface area contributed by atoms with Crippen molar-refractivity contribution in [1.82, 2.24) is 24.7 Å². The molecular weight excluding hydrogens is 616 g/mol. The number of benzene rings is 2. The highest BCUT2D eigenvalue weighted by atomic mass is 32.2. The molecule has 4 N–H and O–H groups in total. The number of imidazole rings is 1. The molecular formula is C32H29FN6O4S2. The van der Waals surface area contributed by atoms with E-state index in [1.54, 1.807) is 10.7 Å². The lowest BCUT2D eigenvalue weighted by Crippen LogP contribution is -2.14. The number of nitrogens with one attached hydrogen (secondary N) is 1. The number of carboxylic acids is 1. The van der Waals surface area contributed by atoms with Crippen molar-refractivity contribution in [3.05, 3.63) is 99.8 Å². The predicted octanol–water partition coefficient (Wildman–Crippen LogP) is 5.74. The summed E-state index contributed by atoms with van der Waals surface area (Å²) in [4.78, 5) is 23.7. The number of hydrogen-bond donors (Lipinski definition) is 3. The minimum absolute atomic E-state index is 0.0627. The van der Waals surface area contributed by atoms with Gasteiger partial charge in [-0.25, -0.2) is 37.4 Å². The van der Waals surface area contributed by atoms with Crippen LogP contribution in [0.2, 0.25) is 0 Å². The van der Waals surface area contributed by atoms with Gasteiger partial charge in [-0.15, -0.1) is 11.3 Å². The number of carbonyl (C=O) groups is 1. The molecule has 230 valence electrons. The number of nitrogens with zero attached hydrogens (tertiary/aromatic N) is 4. The third-order valence-corrected chi connectivity index (χ3v) is 9.91. The number of para-hydroxylation sites is 2. The molecule has 1 saturated carbocycles. The molecule has 0 saturated heterocycles. The zero-order chi connectivity index (χ0) is 31.5. The van der Waals surface area contributed by atoms with Crippen LogP contribution in [0.3, 0.4) is 0 Å². The van der Waals surface area contributed by atoms with Crippen LogP contribution >= 0.6 is 11.3 Å². The number of allylic oxidation sites excluding steroid dienone is 4. The number of nitrogens with two attached hydrogens (primary N) is 1. The van der Waals surface area contributed by atoms with E-state index < -0.39 is 26.7 Å². The molecule has 0 spiro atoms. The Labute approximate surface area is 262 Å². The van der Waals surface area contributed by atoms with E-state index in [1.165, 1.54) is 28.8 Å². The number of primary sulfonamides is 1. The number of fused-ring (bicyclic) bond motifs is 1. The average Bonchev–Trinajstić information content (AvgIpc) is 3.36. The summed E-state index contributed by atoms with van der Waals surface area (Å²) in [6, 6.07) is 11.8. The van der Waals surface area contributed by atoms with Gasteiger partial charge < -0.3 is 10.1 Å². The van der Waals surface area contributed by atoms with Gasteiger partial charge in [-0.2, -0.15) is 5.10 Å². The molecule has 1 unspecified atom stereocenters. The Morgan fingerprint density at radius 1 is 1.20 bits per heavy atom. The molecule has 2 aromatic carbocycles. The first-order valence-corrected chi connectivity index (χ1v) is 16.9. The van der Waals surface area contributed by atoms with Gasteiger partial charge in [-0.3, -0.25) is 0 Å². The predicted molar refractivity (Wildman–Crippen MR) is 169 cm³/mol. The molecule has 3 aromatic heterocycles. The minimum atomic E-state index is -4.22. The molecule has 1 atom stereocenters. The minimum Gasteiger partial charge on any atom is -0.476 e. The fraction of sp³-hybridized carbons (Fsp3) is 0.250. The topological polar surface area (TPSA) is 157 Å². The van der Waals surface area contributed by atoms with E-state index in [-0.39, 0.29) is 18.0 Å². The summed E-state index contributed by atoms with van der Waals surface area (Å²) < 4.78 is 40.5. The highest BCUT2D eigenvalue weighted by molar-refractivity contribution is 7.89. The van der Waals surface area contributed by atoms with Crippen molar-refractivity contribution in [3.8, 4) is 5.13 Å². The third-order valence-electron chi connectivity index (χ3n) is 8.15. The molecule has 1 fully saturated rings. The van der Waals surface area contributed by atoms with Gasteiger partial charge in [-0.1, -0.05) is 31.2 Å². The summed E-state index contributed by atoms with van der Waals surface area (Å²) in [5.41, 5.74) is 6.62. The lowest BCUT2D eigenvalue weighted by atomic mass is 9.87. The largest absolute Gasteiger partial charge is 0.476 e. The van der Waals surface area contributed by atoms with Crippen molar-refractivity contribution in [2.45, 2.75) is 43.9 Å². The zero-order valence-corrected chi connectivity index (χ0v) is 25.8.